The van der Waals surface area contributed by atoms with Crippen LogP contribution in [0.2, 0.25) is 0 Å². The Morgan fingerprint density at radius 1 is 0.485 bits per heavy atom. The number of amides is 3. The molecule has 68 heavy (non-hydrogen) atoms. The second-order valence-corrected chi connectivity index (χ2v) is 17.9. The molecule has 0 saturated heterocycles. The summed E-state index contributed by atoms with van der Waals surface area (Å²) in [7, 11) is 0. The van der Waals surface area contributed by atoms with Crippen molar-refractivity contribution < 1.29 is 72.6 Å². The molecule has 0 aromatic rings. The number of rotatable bonds is 50. The lowest BCUT2D eigenvalue weighted by Gasteiger charge is -2.14. The second kappa shape index (κ2) is 44.4. The summed E-state index contributed by atoms with van der Waals surface area (Å²) in [6.07, 6.45) is 17.1. The lowest BCUT2D eigenvalue weighted by atomic mass is 9.89. The van der Waals surface area contributed by atoms with Crippen molar-refractivity contribution in [3.05, 3.63) is 0 Å². The zero-order valence-corrected chi connectivity index (χ0v) is 41.8. The highest BCUT2D eigenvalue weighted by molar-refractivity contribution is 5.85. The number of ether oxygens (including phenoxy) is 4. The number of carbonyl (C=O) groups excluding carboxylic acids is 6. The molecule has 0 fully saturated rings. The van der Waals surface area contributed by atoms with Gasteiger partial charge in [-0.15, -0.1) is 0 Å². The van der Waals surface area contributed by atoms with Gasteiger partial charge >= 0.3 is 11.9 Å². The molecular weight excluding hydrogens is 883 g/mol. The van der Waals surface area contributed by atoms with Crippen molar-refractivity contribution in [3.63, 3.8) is 0 Å². The molecule has 0 aromatic carbocycles. The van der Waals surface area contributed by atoms with Gasteiger partial charge in [0.05, 0.1) is 39.0 Å². The van der Waals surface area contributed by atoms with Gasteiger partial charge in [0.2, 0.25) is 17.7 Å². The highest BCUT2D eigenvalue weighted by Crippen LogP contribution is 2.19. The Balaban J connectivity index is 3.71. The van der Waals surface area contributed by atoms with Crippen molar-refractivity contribution in [1.82, 2.24) is 16.0 Å². The highest BCUT2D eigenvalue weighted by atomic mass is 16.5. The van der Waals surface area contributed by atoms with Gasteiger partial charge in [0.1, 0.15) is 36.6 Å². The van der Waals surface area contributed by atoms with Crippen LogP contribution in [0.1, 0.15) is 175 Å². The number of carboxylic acid groups (broad SMARTS) is 2. The highest BCUT2D eigenvalue weighted by Gasteiger charge is 2.24. The van der Waals surface area contributed by atoms with Crippen LogP contribution in [0, 0.1) is 17.8 Å². The van der Waals surface area contributed by atoms with Gasteiger partial charge in [-0.25, -0.2) is 4.79 Å². The minimum absolute atomic E-state index is 0.0203. The summed E-state index contributed by atoms with van der Waals surface area (Å²) >= 11 is 0. The average molecular weight is 972 g/mol. The van der Waals surface area contributed by atoms with E-state index in [1.165, 1.54) is 0 Å². The van der Waals surface area contributed by atoms with E-state index in [0.29, 0.717) is 32.4 Å². The van der Waals surface area contributed by atoms with E-state index in [1.54, 1.807) is 0 Å². The molecule has 18 heteroatoms. The Bertz CT molecular complexity index is 1400. The predicted octanol–water partition coefficient (Wildman–Crippen LogP) is 5.91. The molecule has 3 atom stereocenters. The summed E-state index contributed by atoms with van der Waals surface area (Å²) in [6, 6.07) is -1.12. The smallest absolute Gasteiger partial charge is 0.326 e. The van der Waals surface area contributed by atoms with Gasteiger partial charge in [0, 0.05) is 70.7 Å². The third-order valence-electron chi connectivity index (χ3n) is 11.7. The van der Waals surface area contributed by atoms with Gasteiger partial charge in [0.15, 0.2) is 0 Å². The van der Waals surface area contributed by atoms with Gasteiger partial charge < -0.3 is 50.2 Å². The normalized spacial score (nSPS) is 12.6. The maximum atomic E-state index is 12.4. The number of hydrogen-bond acceptors (Lipinski definition) is 13. The third-order valence-corrected chi connectivity index (χ3v) is 11.7. The van der Waals surface area contributed by atoms with E-state index in [2.05, 4.69) is 16.0 Å². The van der Waals surface area contributed by atoms with Crippen LogP contribution in [-0.4, -0.2) is 141 Å². The van der Waals surface area contributed by atoms with Gasteiger partial charge in [-0.3, -0.25) is 33.6 Å². The van der Waals surface area contributed by atoms with Gasteiger partial charge in [-0.2, -0.15) is 0 Å². The molecule has 0 radical (unpaired) electrons. The molecule has 0 rings (SSSR count). The van der Waals surface area contributed by atoms with Crippen LogP contribution in [0.3, 0.4) is 0 Å². The number of Topliss-reactive ketones (excluding diaryl/α,β-unsaturated/α-hetero) is 3. The fourth-order valence-electron chi connectivity index (χ4n) is 7.44. The van der Waals surface area contributed by atoms with E-state index in [0.717, 1.165) is 96.3 Å². The molecule has 0 aliphatic carbocycles. The van der Waals surface area contributed by atoms with E-state index >= 15 is 0 Å². The zero-order valence-electron chi connectivity index (χ0n) is 41.8. The van der Waals surface area contributed by atoms with Crippen molar-refractivity contribution >= 4 is 47.0 Å². The van der Waals surface area contributed by atoms with Gasteiger partial charge in [-0.05, 0) is 50.9 Å². The summed E-state index contributed by atoms with van der Waals surface area (Å²) in [4.78, 5) is 95.6. The van der Waals surface area contributed by atoms with E-state index in [-0.39, 0.29) is 145 Å². The van der Waals surface area contributed by atoms with Crippen LogP contribution in [0.25, 0.3) is 0 Å². The Kier molecular flexibility index (Phi) is 41.9. The number of unbranched alkanes of at least 4 members (excludes halogenated alkanes) is 12. The van der Waals surface area contributed by atoms with Crippen molar-refractivity contribution in [2.45, 2.75) is 181 Å². The fraction of sp³-hybridized carbons (Fsp3) is 0.840. The third kappa shape index (κ3) is 39.1. The number of carbonyl (C=O) groups is 8. The quantitative estimate of drug-likeness (QED) is 0.0387. The molecule has 394 valence electrons. The number of ketones is 3. The van der Waals surface area contributed by atoms with Crippen molar-refractivity contribution in [1.29, 1.82) is 0 Å². The summed E-state index contributed by atoms with van der Waals surface area (Å²) < 4.78 is 21.5. The monoisotopic (exact) mass is 972 g/mol. The van der Waals surface area contributed by atoms with Crippen LogP contribution in [0.15, 0.2) is 0 Å². The number of aliphatic hydroxyl groups is 1. The Morgan fingerprint density at radius 2 is 1.00 bits per heavy atom. The van der Waals surface area contributed by atoms with Gasteiger partial charge in [0.25, 0.3) is 0 Å². The SMILES string of the molecule is CC[C@@H](CCCCNC(=O)COCCOCCNC(=O)COCCOCCCC(=O)CC[C@H](NC(=O)CCCCCCCCCCCCCCC(=O)C[C@H](C(=O)O)C(C)C)C(=O)O)C(=O)CCO. The standard InChI is InChI=1S/C50H89N3O15/c1-4-40(45(57)26-29-54)20-17-18-27-51-47(59)37-68-35-33-66-31-28-52-48(60)38-67-34-32-65-30-19-22-41(55)24-25-44(50(63)64)53-46(58)23-16-14-12-10-8-6-5-7-9-11-13-15-21-42(56)36-43(39(2)3)49(61)62/h39-40,43-44,54H,4-38H2,1-3H3,(H,51,59)(H,52,60)(H,53,58)(H,61,62)(H,63,64)/t40-,43-,44-/m0/s1. The first-order valence-corrected chi connectivity index (χ1v) is 25.5. The summed E-state index contributed by atoms with van der Waals surface area (Å²) in [6.45, 7) is 7.48. The molecular formula is C50H89N3O15. The molecule has 0 saturated carbocycles. The Labute approximate surface area is 405 Å². The molecule has 0 bridgehead atoms. The number of nitrogens with one attached hydrogen (secondary N) is 3. The molecule has 18 nitrogen and oxygen atoms in total. The minimum atomic E-state index is -1.17. The topological polar surface area (TPSA) is 270 Å². The molecule has 0 spiro atoms. The summed E-state index contributed by atoms with van der Waals surface area (Å²) in [5, 5.41) is 35.8. The maximum Gasteiger partial charge on any atom is 0.326 e. The first-order chi connectivity index (χ1) is 32.7. The molecule has 0 aromatic heterocycles. The van der Waals surface area contributed by atoms with Crippen LogP contribution in [-0.2, 0) is 57.3 Å². The lowest BCUT2D eigenvalue weighted by molar-refractivity contribution is -0.145. The van der Waals surface area contributed by atoms with Crippen LogP contribution in [0.5, 0.6) is 0 Å². The molecule has 0 unspecified atom stereocenters. The van der Waals surface area contributed by atoms with Crippen molar-refractivity contribution in [3.8, 4) is 0 Å². The zero-order chi connectivity index (χ0) is 50.6. The molecule has 3 amide bonds. The minimum Gasteiger partial charge on any atom is -0.481 e. The largest absolute Gasteiger partial charge is 0.481 e. The first-order valence-electron chi connectivity index (χ1n) is 25.5. The second-order valence-electron chi connectivity index (χ2n) is 17.9. The van der Waals surface area contributed by atoms with Crippen LogP contribution >= 0.6 is 0 Å². The van der Waals surface area contributed by atoms with Crippen molar-refractivity contribution in [2.24, 2.45) is 17.8 Å². The van der Waals surface area contributed by atoms with Crippen molar-refractivity contribution in [2.75, 3.05) is 72.6 Å². The van der Waals surface area contributed by atoms with E-state index in [4.69, 9.17) is 24.1 Å². The molecule has 6 N–H and O–H groups in total. The van der Waals surface area contributed by atoms with Gasteiger partial charge in [-0.1, -0.05) is 91.4 Å². The molecule has 0 aliphatic heterocycles. The number of aliphatic carboxylic acids is 2. The predicted molar refractivity (Wildman–Crippen MR) is 257 cm³/mol. The van der Waals surface area contributed by atoms with E-state index < -0.39 is 23.9 Å². The summed E-state index contributed by atoms with van der Waals surface area (Å²) in [5.41, 5.74) is 0. The Hall–Kier alpha value is -3.84. The number of hydrogen-bond donors (Lipinski definition) is 6. The maximum absolute atomic E-state index is 12.4. The average Bonchev–Trinajstić information content (AvgIpc) is 3.29. The molecule has 0 aliphatic rings. The van der Waals surface area contributed by atoms with E-state index in [1.807, 2.05) is 20.8 Å². The van der Waals surface area contributed by atoms with Crippen LogP contribution in [0.4, 0.5) is 0 Å². The van der Waals surface area contributed by atoms with E-state index in [9.17, 15) is 48.6 Å². The summed E-state index contributed by atoms with van der Waals surface area (Å²) in [5.74, 6) is -3.62. The Morgan fingerprint density at radius 3 is 1.53 bits per heavy atom. The lowest BCUT2D eigenvalue weighted by Crippen LogP contribution is -2.41. The number of carboxylic acids is 2. The number of aliphatic hydroxyl groups excluding tert-OH is 1. The fourth-order valence-corrected chi connectivity index (χ4v) is 7.44. The molecule has 0 heterocycles. The van der Waals surface area contributed by atoms with Crippen LogP contribution < -0.4 is 16.0 Å². The first kappa shape index (κ1) is 64.2.